The van der Waals surface area contributed by atoms with Crippen molar-refractivity contribution in [2.75, 3.05) is 0 Å². The van der Waals surface area contributed by atoms with E-state index >= 15 is 0 Å². The minimum absolute atomic E-state index is 0.140. The maximum atomic E-state index is 12.8. The van der Waals surface area contributed by atoms with Crippen molar-refractivity contribution in [1.29, 1.82) is 0 Å². The Bertz CT molecular complexity index is 1100. The smallest absolute Gasteiger partial charge is 0.267 e. The molecule has 0 aliphatic heterocycles. The Hall–Kier alpha value is -3.19. The van der Waals surface area contributed by atoms with Gasteiger partial charge in [-0.3, -0.25) is 14.4 Å². The number of aromatic nitrogens is 3. The quantitative estimate of drug-likeness (QED) is 0.621. The summed E-state index contributed by atoms with van der Waals surface area (Å²) in [5, 5.41) is 4.79. The highest BCUT2D eigenvalue weighted by molar-refractivity contribution is 6.30. The number of carbonyl (C=O) groups is 2. The number of nitrogens with one attached hydrogen (secondary N) is 1. The molecule has 2 aromatic heterocycles. The van der Waals surface area contributed by atoms with Gasteiger partial charge >= 0.3 is 0 Å². The average Bonchev–Trinajstić information content (AvgIpc) is 3.04. The van der Waals surface area contributed by atoms with Gasteiger partial charge in [-0.15, -0.1) is 0 Å². The van der Waals surface area contributed by atoms with Gasteiger partial charge in [0.15, 0.2) is 0 Å². The van der Waals surface area contributed by atoms with Crippen LogP contribution in [0.5, 0.6) is 0 Å². The highest BCUT2D eigenvalue weighted by Gasteiger charge is 2.19. The van der Waals surface area contributed by atoms with Crippen molar-refractivity contribution >= 4 is 23.3 Å². The molecule has 0 saturated heterocycles. The van der Waals surface area contributed by atoms with E-state index in [0.29, 0.717) is 22.0 Å². The van der Waals surface area contributed by atoms with Crippen LogP contribution in [0.25, 0.3) is 0 Å². The monoisotopic (exact) mass is 398 g/mol. The lowest BCUT2D eigenvalue weighted by atomic mass is 10.0. The Morgan fingerprint density at radius 2 is 1.89 bits per heavy atom. The number of aromatic amines is 1. The number of nitrogens with zero attached hydrogens (tertiary/aromatic N) is 2. The van der Waals surface area contributed by atoms with E-state index in [9.17, 15) is 14.4 Å². The second kappa shape index (κ2) is 7.82. The van der Waals surface area contributed by atoms with Gasteiger partial charge in [-0.1, -0.05) is 18.5 Å². The van der Waals surface area contributed by atoms with Crippen LogP contribution in [0.2, 0.25) is 5.02 Å². The summed E-state index contributed by atoms with van der Waals surface area (Å²) in [5.74, 6) is -1.02. The predicted octanol–water partition coefficient (Wildman–Crippen LogP) is 2.40. The second-order valence-electron chi connectivity index (χ2n) is 6.56. The lowest BCUT2D eigenvalue weighted by Gasteiger charge is -2.11. The summed E-state index contributed by atoms with van der Waals surface area (Å²) in [6.07, 6.45) is 0. The summed E-state index contributed by atoms with van der Waals surface area (Å²) < 4.78 is 1.03. The highest BCUT2D eigenvalue weighted by atomic mass is 35.5. The normalized spacial score (nSPS) is 12.0. The predicted molar refractivity (Wildman–Crippen MR) is 106 cm³/mol. The average molecular weight is 399 g/mol. The molecule has 0 fully saturated rings. The maximum Gasteiger partial charge on any atom is 0.267 e. The summed E-state index contributed by atoms with van der Waals surface area (Å²) in [7, 11) is 0. The molecule has 1 atom stereocenters. The van der Waals surface area contributed by atoms with Crippen molar-refractivity contribution in [2.24, 2.45) is 5.73 Å². The van der Waals surface area contributed by atoms with Crippen molar-refractivity contribution in [2.45, 2.75) is 26.3 Å². The third-order valence-electron chi connectivity index (χ3n) is 4.47. The van der Waals surface area contributed by atoms with E-state index in [1.165, 1.54) is 6.07 Å². The molecule has 3 N–H and O–H groups in total. The Morgan fingerprint density at radius 1 is 1.21 bits per heavy atom. The number of ketones is 1. The van der Waals surface area contributed by atoms with E-state index in [4.69, 9.17) is 17.3 Å². The maximum absolute atomic E-state index is 12.8. The molecule has 0 bridgehead atoms. The fourth-order valence-electron chi connectivity index (χ4n) is 2.91. The van der Waals surface area contributed by atoms with Crippen molar-refractivity contribution in [1.82, 2.24) is 14.8 Å². The number of hydrogen-bond acceptors (Lipinski definition) is 4. The molecule has 0 saturated carbocycles. The molecular weight excluding hydrogens is 380 g/mol. The van der Waals surface area contributed by atoms with Crippen LogP contribution >= 0.6 is 11.6 Å². The first kappa shape index (κ1) is 19.6. The summed E-state index contributed by atoms with van der Waals surface area (Å²) in [6, 6.07) is 11.5. The summed E-state index contributed by atoms with van der Waals surface area (Å²) >= 11 is 5.88. The van der Waals surface area contributed by atoms with Crippen LogP contribution in [0.15, 0.2) is 47.3 Å². The van der Waals surface area contributed by atoms with E-state index in [0.717, 1.165) is 15.9 Å². The molecule has 3 rings (SSSR count). The van der Waals surface area contributed by atoms with Gasteiger partial charge in [0, 0.05) is 28.3 Å². The first-order valence-electron chi connectivity index (χ1n) is 8.62. The number of H-pyrrole nitrogens is 1. The largest absolute Gasteiger partial charge is 0.368 e. The standard InChI is InChI=1S/C20H19ClN4O3/c1-11-9-16(23-19(11)20(28)13-3-5-14(21)6-4-13)12(2)15-7-8-18(27)25(24-15)10-17(22)26/h3-9,12,23H,10H2,1-2H3,(H2,22,26). The zero-order chi connectivity index (χ0) is 20.4. The number of rotatable bonds is 6. The van der Waals surface area contributed by atoms with Gasteiger partial charge < -0.3 is 10.7 Å². The summed E-state index contributed by atoms with van der Waals surface area (Å²) in [6.45, 7) is 3.45. The van der Waals surface area contributed by atoms with Gasteiger partial charge in [0.05, 0.1) is 11.4 Å². The van der Waals surface area contributed by atoms with Crippen LogP contribution in [-0.2, 0) is 11.3 Å². The molecular formula is C20H19ClN4O3. The molecule has 3 aromatic rings. The van der Waals surface area contributed by atoms with E-state index in [-0.39, 0.29) is 18.2 Å². The number of carbonyl (C=O) groups excluding carboxylic acids is 2. The topological polar surface area (TPSA) is 111 Å². The Labute approximate surface area is 166 Å². The fourth-order valence-corrected chi connectivity index (χ4v) is 3.04. The van der Waals surface area contributed by atoms with Gasteiger partial charge in [-0.05, 0) is 48.9 Å². The number of benzene rings is 1. The van der Waals surface area contributed by atoms with Crippen LogP contribution in [0.1, 0.15) is 45.8 Å². The Morgan fingerprint density at radius 3 is 2.54 bits per heavy atom. The van der Waals surface area contributed by atoms with E-state index in [1.807, 2.05) is 19.9 Å². The van der Waals surface area contributed by atoms with E-state index in [1.54, 1.807) is 30.3 Å². The fraction of sp³-hybridized carbons (Fsp3) is 0.200. The molecule has 0 aliphatic rings. The molecule has 0 radical (unpaired) electrons. The summed E-state index contributed by atoms with van der Waals surface area (Å²) in [4.78, 5) is 38.9. The van der Waals surface area contributed by atoms with E-state index in [2.05, 4.69) is 10.1 Å². The molecule has 8 heteroatoms. The molecule has 2 heterocycles. The summed E-state index contributed by atoms with van der Waals surface area (Å²) in [5.41, 5.74) is 7.91. The van der Waals surface area contributed by atoms with Crippen LogP contribution in [-0.4, -0.2) is 26.5 Å². The first-order chi connectivity index (χ1) is 13.3. The third kappa shape index (κ3) is 4.04. The molecule has 0 spiro atoms. The van der Waals surface area contributed by atoms with E-state index < -0.39 is 11.5 Å². The molecule has 28 heavy (non-hydrogen) atoms. The Kier molecular flexibility index (Phi) is 5.46. The zero-order valence-corrected chi connectivity index (χ0v) is 16.2. The molecule has 0 aliphatic carbocycles. The number of amides is 1. The molecule has 144 valence electrons. The van der Waals surface area contributed by atoms with Gasteiger partial charge in [-0.25, -0.2) is 4.68 Å². The van der Waals surface area contributed by atoms with Gasteiger partial charge in [0.1, 0.15) is 6.54 Å². The number of halogens is 1. The third-order valence-corrected chi connectivity index (χ3v) is 4.72. The Balaban J connectivity index is 1.92. The lowest BCUT2D eigenvalue weighted by Crippen LogP contribution is -2.30. The SMILES string of the molecule is Cc1cc(C(C)c2ccc(=O)n(CC(N)=O)n2)[nH]c1C(=O)c1ccc(Cl)cc1. The lowest BCUT2D eigenvalue weighted by molar-refractivity contribution is -0.118. The van der Waals surface area contributed by atoms with Gasteiger partial charge in [0.2, 0.25) is 11.7 Å². The zero-order valence-electron chi connectivity index (χ0n) is 15.4. The molecule has 1 amide bonds. The first-order valence-corrected chi connectivity index (χ1v) is 9.00. The number of aryl methyl sites for hydroxylation is 1. The number of hydrogen-bond donors (Lipinski definition) is 2. The van der Waals surface area contributed by atoms with Crippen LogP contribution < -0.4 is 11.3 Å². The van der Waals surface area contributed by atoms with Crippen LogP contribution in [0.3, 0.4) is 0 Å². The van der Waals surface area contributed by atoms with Crippen molar-refractivity contribution in [3.63, 3.8) is 0 Å². The van der Waals surface area contributed by atoms with Crippen LogP contribution in [0, 0.1) is 6.92 Å². The molecule has 7 nitrogen and oxygen atoms in total. The molecule has 1 aromatic carbocycles. The number of nitrogens with two attached hydrogens (primary N) is 1. The number of primary amides is 1. The minimum atomic E-state index is -0.647. The van der Waals surface area contributed by atoms with Gasteiger partial charge in [0.25, 0.3) is 5.56 Å². The minimum Gasteiger partial charge on any atom is -0.368 e. The van der Waals surface area contributed by atoms with Crippen molar-refractivity contribution in [3.05, 3.63) is 86.0 Å². The van der Waals surface area contributed by atoms with Crippen molar-refractivity contribution < 1.29 is 9.59 Å². The highest BCUT2D eigenvalue weighted by Crippen LogP contribution is 2.25. The van der Waals surface area contributed by atoms with Crippen molar-refractivity contribution in [3.8, 4) is 0 Å². The van der Waals surface area contributed by atoms with Gasteiger partial charge in [-0.2, -0.15) is 5.10 Å². The van der Waals surface area contributed by atoms with Crippen LogP contribution in [0.4, 0.5) is 0 Å². The second-order valence-corrected chi connectivity index (χ2v) is 7.00. The molecule has 1 unspecified atom stereocenters.